The van der Waals surface area contributed by atoms with Crippen LogP contribution in [-0.2, 0) is 0 Å². The highest BCUT2D eigenvalue weighted by Crippen LogP contribution is 2.26. The standard InChI is InChI=1S/C25H29N7O/c1-3-31-13-15-32(16-14-31)21-11-9-20(10-12-21)28-25-22(18-33)23(17-27-26-2)29-24(30-25)19-7-5-4-6-8-19/h4-12,17-18,26H,3,13-16H2,1-2H3,(H,28,29,30)/b27-17-. The Bertz CT molecular complexity index is 1090. The van der Waals surface area contributed by atoms with Crippen LogP contribution in [0.25, 0.3) is 11.4 Å². The predicted octanol–water partition coefficient (Wildman–Crippen LogP) is 3.39. The molecule has 1 fully saturated rings. The number of rotatable bonds is 8. The second-order valence-corrected chi connectivity index (χ2v) is 7.75. The summed E-state index contributed by atoms with van der Waals surface area (Å²) in [4.78, 5) is 26.0. The van der Waals surface area contributed by atoms with Crippen molar-refractivity contribution in [3.63, 3.8) is 0 Å². The maximum absolute atomic E-state index is 11.9. The summed E-state index contributed by atoms with van der Waals surface area (Å²) in [6.07, 6.45) is 2.29. The number of hydrogen-bond acceptors (Lipinski definition) is 8. The first-order valence-electron chi connectivity index (χ1n) is 11.2. The average molecular weight is 444 g/mol. The van der Waals surface area contributed by atoms with Crippen molar-refractivity contribution >= 4 is 29.7 Å². The van der Waals surface area contributed by atoms with Gasteiger partial charge in [-0.05, 0) is 30.8 Å². The molecule has 1 saturated heterocycles. The largest absolute Gasteiger partial charge is 0.369 e. The molecule has 170 valence electrons. The van der Waals surface area contributed by atoms with Gasteiger partial charge >= 0.3 is 0 Å². The zero-order chi connectivity index (χ0) is 23.0. The van der Waals surface area contributed by atoms with E-state index in [2.05, 4.69) is 54.7 Å². The van der Waals surface area contributed by atoms with E-state index in [1.165, 1.54) is 11.9 Å². The molecule has 0 amide bonds. The van der Waals surface area contributed by atoms with Gasteiger partial charge in [-0.2, -0.15) is 5.10 Å². The Morgan fingerprint density at radius 2 is 1.73 bits per heavy atom. The smallest absolute Gasteiger partial charge is 0.162 e. The van der Waals surface area contributed by atoms with Crippen molar-refractivity contribution in [3.05, 3.63) is 65.9 Å². The topological polar surface area (TPSA) is 85.8 Å². The number of anilines is 3. The minimum atomic E-state index is 0.355. The van der Waals surface area contributed by atoms with Gasteiger partial charge in [-0.25, -0.2) is 9.97 Å². The van der Waals surface area contributed by atoms with Gasteiger partial charge in [0.25, 0.3) is 0 Å². The molecule has 0 radical (unpaired) electrons. The fourth-order valence-corrected chi connectivity index (χ4v) is 3.85. The molecule has 0 atom stereocenters. The number of carbonyl (C=O) groups is 1. The van der Waals surface area contributed by atoms with Gasteiger partial charge in [-0.15, -0.1) is 0 Å². The molecule has 8 nitrogen and oxygen atoms in total. The number of carbonyl (C=O) groups excluding carboxylic acids is 1. The summed E-state index contributed by atoms with van der Waals surface area (Å²) in [5, 5.41) is 7.35. The second-order valence-electron chi connectivity index (χ2n) is 7.75. The average Bonchev–Trinajstić information content (AvgIpc) is 2.88. The van der Waals surface area contributed by atoms with Crippen molar-refractivity contribution in [2.24, 2.45) is 5.10 Å². The van der Waals surface area contributed by atoms with Crippen LogP contribution in [0.2, 0.25) is 0 Å². The Kier molecular flexibility index (Phi) is 7.26. The highest BCUT2D eigenvalue weighted by molar-refractivity contribution is 5.96. The molecule has 0 saturated carbocycles. The van der Waals surface area contributed by atoms with E-state index in [0.717, 1.165) is 50.3 Å². The van der Waals surface area contributed by atoms with Crippen LogP contribution in [0.1, 0.15) is 23.0 Å². The van der Waals surface area contributed by atoms with Crippen molar-refractivity contribution in [2.45, 2.75) is 6.92 Å². The van der Waals surface area contributed by atoms with Crippen LogP contribution < -0.4 is 15.6 Å². The van der Waals surface area contributed by atoms with Gasteiger partial charge in [-0.1, -0.05) is 37.3 Å². The first-order valence-corrected chi connectivity index (χ1v) is 11.2. The van der Waals surface area contributed by atoms with Gasteiger partial charge < -0.3 is 20.5 Å². The monoisotopic (exact) mass is 443 g/mol. The fourth-order valence-electron chi connectivity index (χ4n) is 3.85. The van der Waals surface area contributed by atoms with E-state index >= 15 is 0 Å². The van der Waals surface area contributed by atoms with Crippen LogP contribution in [0.5, 0.6) is 0 Å². The molecule has 1 aromatic heterocycles. The highest BCUT2D eigenvalue weighted by atomic mass is 16.1. The Labute approximate surface area is 194 Å². The van der Waals surface area contributed by atoms with Crippen molar-refractivity contribution in [1.82, 2.24) is 20.3 Å². The first-order chi connectivity index (χ1) is 16.2. The lowest BCUT2D eigenvalue weighted by Gasteiger charge is -2.35. The Morgan fingerprint density at radius 1 is 1.00 bits per heavy atom. The van der Waals surface area contributed by atoms with E-state index in [9.17, 15) is 4.79 Å². The minimum absolute atomic E-state index is 0.355. The number of benzene rings is 2. The highest BCUT2D eigenvalue weighted by Gasteiger charge is 2.17. The number of nitrogens with zero attached hydrogens (tertiary/aromatic N) is 5. The number of likely N-dealkylation sites (N-methyl/N-ethyl adjacent to an activating group) is 1. The maximum Gasteiger partial charge on any atom is 0.162 e. The van der Waals surface area contributed by atoms with Crippen LogP contribution in [0.3, 0.4) is 0 Å². The molecule has 0 unspecified atom stereocenters. The van der Waals surface area contributed by atoms with Crippen molar-refractivity contribution in [2.75, 3.05) is 50.0 Å². The number of hydrogen-bond donors (Lipinski definition) is 2. The third-order valence-corrected chi connectivity index (χ3v) is 5.76. The fraction of sp³-hybridized carbons (Fsp3) is 0.280. The molecule has 2 aromatic carbocycles. The Balaban J connectivity index is 1.61. The number of aldehydes is 1. The normalized spacial score (nSPS) is 14.4. The van der Waals surface area contributed by atoms with Crippen LogP contribution >= 0.6 is 0 Å². The summed E-state index contributed by atoms with van der Waals surface area (Å²) in [5.41, 5.74) is 6.41. The molecule has 8 heteroatoms. The lowest BCUT2D eigenvalue weighted by Crippen LogP contribution is -2.46. The van der Waals surface area contributed by atoms with E-state index in [0.29, 0.717) is 22.9 Å². The molecule has 3 aromatic rings. The van der Waals surface area contributed by atoms with Gasteiger partial charge in [0.15, 0.2) is 12.1 Å². The van der Waals surface area contributed by atoms with Crippen molar-refractivity contribution < 1.29 is 4.79 Å². The predicted molar refractivity (Wildman–Crippen MR) is 134 cm³/mol. The number of nitrogens with one attached hydrogen (secondary N) is 2. The van der Waals surface area contributed by atoms with E-state index in [1.54, 1.807) is 7.05 Å². The molecule has 2 heterocycles. The Hall–Kier alpha value is -3.78. The quantitative estimate of drug-likeness (QED) is 0.314. The van der Waals surface area contributed by atoms with Gasteiger partial charge in [0.1, 0.15) is 5.82 Å². The van der Waals surface area contributed by atoms with E-state index in [4.69, 9.17) is 0 Å². The van der Waals surface area contributed by atoms with Crippen LogP contribution in [-0.4, -0.2) is 67.1 Å². The molecule has 1 aliphatic rings. The van der Waals surface area contributed by atoms with E-state index in [-0.39, 0.29) is 0 Å². The van der Waals surface area contributed by atoms with Gasteiger partial charge in [-0.3, -0.25) is 4.79 Å². The molecular formula is C25H29N7O. The summed E-state index contributed by atoms with van der Waals surface area (Å²) >= 11 is 0. The molecule has 4 rings (SSSR count). The van der Waals surface area contributed by atoms with Crippen LogP contribution in [0.15, 0.2) is 59.7 Å². The first kappa shape index (κ1) is 22.4. The summed E-state index contributed by atoms with van der Waals surface area (Å²) in [7, 11) is 1.69. The molecule has 33 heavy (non-hydrogen) atoms. The second kappa shape index (κ2) is 10.7. The van der Waals surface area contributed by atoms with E-state index in [1.807, 2.05) is 42.5 Å². The molecule has 2 N–H and O–H groups in total. The summed E-state index contributed by atoms with van der Waals surface area (Å²) in [5.74, 6) is 0.965. The molecule has 0 bridgehead atoms. The Morgan fingerprint density at radius 3 is 2.36 bits per heavy atom. The third kappa shape index (κ3) is 5.35. The van der Waals surface area contributed by atoms with Crippen LogP contribution in [0, 0.1) is 0 Å². The number of piperazine rings is 1. The van der Waals surface area contributed by atoms with Gasteiger partial charge in [0, 0.05) is 50.2 Å². The van der Waals surface area contributed by atoms with Crippen LogP contribution in [0.4, 0.5) is 17.2 Å². The molecular weight excluding hydrogens is 414 g/mol. The van der Waals surface area contributed by atoms with Gasteiger partial charge in [0.05, 0.1) is 17.5 Å². The van der Waals surface area contributed by atoms with Gasteiger partial charge in [0.2, 0.25) is 0 Å². The summed E-state index contributed by atoms with van der Waals surface area (Å²) in [6.45, 7) is 7.52. The molecule has 0 spiro atoms. The summed E-state index contributed by atoms with van der Waals surface area (Å²) in [6, 6.07) is 17.9. The number of hydrazone groups is 1. The number of aromatic nitrogens is 2. The maximum atomic E-state index is 11.9. The molecule has 1 aliphatic heterocycles. The van der Waals surface area contributed by atoms with E-state index < -0.39 is 0 Å². The minimum Gasteiger partial charge on any atom is -0.369 e. The lowest BCUT2D eigenvalue weighted by molar-refractivity contribution is 0.112. The van der Waals surface area contributed by atoms with Crippen molar-refractivity contribution in [3.8, 4) is 11.4 Å². The third-order valence-electron chi connectivity index (χ3n) is 5.76. The van der Waals surface area contributed by atoms with Crippen molar-refractivity contribution in [1.29, 1.82) is 0 Å². The lowest BCUT2D eigenvalue weighted by atomic mass is 10.1. The summed E-state index contributed by atoms with van der Waals surface area (Å²) < 4.78 is 0. The zero-order valence-electron chi connectivity index (χ0n) is 19.0. The SMILES string of the molecule is CCN1CCN(c2ccc(Nc3nc(-c4ccccc4)nc(/C=N\NC)c3C=O)cc2)CC1. The zero-order valence-corrected chi connectivity index (χ0v) is 19.0. The molecule has 0 aliphatic carbocycles.